The summed E-state index contributed by atoms with van der Waals surface area (Å²) in [4.78, 5) is 21.2. The molecule has 150 valence electrons. The minimum atomic E-state index is -0.519. The number of rotatable bonds is 2. The standard InChI is InChI=1S/C22H28BrN3O2/c1-21(2,3)28-20(27)26-22(11-5-4-6-12-22)19-24-17-10-7-14-13-15(23)8-9-16(14)18(17)25-19/h8-9,13H,4-7,10-12H2,1-3H3,(H,24,25)(H,26,27). The highest BCUT2D eigenvalue weighted by atomic mass is 79.9. The van der Waals surface area contributed by atoms with Gasteiger partial charge in [0.25, 0.3) is 0 Å². The maximum atomic E-state index is 12.6. The van der Waals surface area contributed by atoms with Crippen LogP contribution in [0.4, 0.5) is 4.79 Å². The third-order valence-electron chi connectivity index (χ3n) is 5.65. The largest absolute Gasteiger partial charge is 0.444 e. The second-order valence-electron chi connectivity index (χ2n) is 8.98. The number of halogens is 1. The zero-order valence-electron chi connectivity index (χ0n) is 16.8. The van der Waals surface area contributed by atoms with Crippen molar-refractivity contribution in [1.29, 1.82) is 0 Å². The summed E-state index contributed by atoms with van der Waals surface area (Å²) in [5.41, 5.74) is 3.70. The van der Waals surface area contributed by atoms with Crippen LogP contribution in [0.3, 0.4) is 0 Å². The Morgan fingerprint density at radius 2 is 1.96 bits per heavy atom. The summed E-state index contributed by atoms with van der Waals surface area (Å²) < 4.78 is 6.66. The smallest absolute Gasteiger partial charge is 0.408 e. The van der Waals surface area contributed by atoms with Gasteiger partial charge in [-0.05, 0) is 64.2 Å². The van der Waals surface area contributed by atoms with Gasteiger partial charge in [0.1, 0.15) is 17.0 Å². The molecule has 2 aliphatic carbocycles. The molecular formula is C22H28BrN3O2. The van der Waals surface area contributed by atoms with Gasteiger partial charge < -0.3 is 15.0 Å². The number of aryl methyl sites for hydroxylation is 2. The zero-order valence-corrected chi connectivity index (χ0v) is 18.4. The van der Waals surface area contributed by atoms with Crippen molar-refractivity contribution in [3.05, 3.63) is 39.8 Å². The number of nitrogens with zero attached hydrogens (tertiary/aromatic N) is 1. The topological polar surface area (TPSA) is 67.0 Å². The lowest BCUT2D eigenvalue weighted by Crippen LogP contribution is -2.49. The van der Waals surface area contributed by atoms with Gasteiger partial charge in [0.05, 0.1) is 5.69 Å². The van der Waals surface area contributed by atoms with E-state index in [1.54, 1.807) is 0 Å². The molecule has 1 heterocycles. The summed E-state index contributed by atoms with van der Waals surface area (Å²) in [6.45, 7) is 5.67. The Labute approximate surface area is 174 Å². The average Bonchev–Trinajstić information content (AvgIpc) is 3.06. The van der Waals surface area contributed by atoms with Crippen LogP contribution < -0.4 is 5.32 Å². The monoisotopic (exact) mass is 445 g/mol. The highest BCUT2D eigenvalue weighted by molar-refractivity contribution is 9.10. The van der Waals surface area contributed by atoms with E-state index in [-0.39, 0.29) is 6.09 Å². The predicted octanol–water partition coefficient (Wildman–Crippen LogP) is 5.62. The number of amides is 1. The predicted molar refractivity (Wildman–Crippen MR) is 113 cm³/mol. The van der Waals surface area contributed by atoms with Gasteiger partial charge in [-0.3, -0.25) is 0 Å². The number of aromatic nitrogens is 2. The molecule has 0 unspecified atom stereocenters. The molecule has 0 aliphatic heterocycles. The van der Waals surface area contributed by atoms with Crippen LogP contribution in [0.1, 0.15) is 70.0 Å². The number of benzene rings is 1. The quantitative estimate of drug-likeness (QED) is 0.629. The lowest BCUT2D eigenvalue weighted by Gasteiger charge is -2.36. The fourth-order valence-electron chi connectivity index (χ4n) is 4.37. The van der Waals surface area contributed by atoms with Crippen molar-refractivity contribution in [3.8, 4) is 11.3 Å². The molecule has 2 aromatic rings. The van der Waals surface area contributed by atoms with Gasteiger partial charge in [0, 0.05) is 15.7 Å². The first-order valence-electron chi connectivity index (χ1n) is 10.2. The molecule has 4 rings (SSSR count). The van der Waals surface area contributed by atoms with Crippen molar-refractivity contribution < 1.29 is 9.53 Å². The van der Waals surface area contributed by atoms with E-state index < -0.39 is 11.1 Å². The second-order valence-corrected chi connectivity index (χ2v) is 9.90. The molecule has 0 bridgehead atoms. The number of aromatic amines is 1. The van der Waals surface area contributed by atoms with Gasteiger partial charge in [-0.1, -0.05) is 41.3 Å². The van der Waals surface area contributed by atoms with Gasteiger partial charge in [0.15, 0.2) is 0 Å². The molecule has 0 radical (unpaired) electrons. The first-order chi connectivity index (χ1) is 13.3. The van der Waals surface area contributed by atoms with Crippen LogP contribution in [-0.2, 0) is 23.1 Å². The van der Waals surface area contributed by atoms with Crippen molar-refractivity contribution in [2.24, 2.45) is 0 Å². The van der Waals surface area contributed by atoms with Gasteiger partial charge in [-0.15, -0.1) is 0 Å². The van der Waals surface area contributed by atoms with Crippen LogP contribution >= 0.6 is 15.9 Å². The maximum absolute atomic E-state index is 12.6. The van der Waals surface area contributed by atoms with Crippen LogP contribution in [0.5, 0.6) is 0 Å². The molecule has 1 aromatic heterocycles. The first-order valence-corrected chi connectivity index (χ1v) is 10.9. The van der Waals surface area contributed by atoms with E-state index in [4.69, 9.17) is 9.72 Å². The summed E-state index contributed by atoms with van der Waals surface area (Å²) in [5, 5.41) is 3.19. The molecule has 28 heavy (non-hydrogen) atoms. The number of nitrogens with one attached hydrogen (secondary N) is 2. The molecule has 2 aliphatic rings. The summed E-state index contributed by atoms with van der Waals surface area (Å²) in [7, 11) is 0. The van der Waals surface area contributed by atoms with Crippen LogP contribution in [0, 0.1) is 0 Å². The Morgan fingerprint density at radius 1 is 1.21 bits per heavy atom. The number of hydrogen-bond acceptors (Lipinski definition) is 3. The summed E-state index contributed by atoms with van der Waals surface area (Å²) >= 11 is 3.57. The number of ether oxygens (including phenoxy) is 1. The Bertz CT molecular complexity index is 892. The zero-order chi connectivity index (χ0) is 19.9. The number of imidazole rings is 1. The Hall–Kier alpha value is -1.82. The van der Waals surface area contributed by atoms with E-state index >= 15 is 0 Å². The molecule has 1 amide bonds. The minimum Gasteiger partial charge on any atom is -0.444 e. The van der Waals surface area contributed by atoms with E-state index in [1.165, 1.54) is 23.2 Å². The third kappa shape index (κ3) is 3.84. The molecule has 0 saturated heterocycles. The fourth-order valence-corrected chi connectivity index (χ4v) is 4.78. The highest BCUT2D eigenvalue weighted by Gasteiger charge is 2.40. The van der Waals surface area contributed by atoms with E-state index in [0.29, 0.717) is 0 Å². The summed E-state index contributed by atoms with van der Waals surface area (Å²) in [6, 6.07) is 6.39. The molecule has 0 spiro atoms. The Morgan fingerprint density at radius 3 is 2.68 bits per heavy atom. The molecule has 0 atom stereocenters. The van der Waals surface area contributed by atoms with Crippen LogP contribution in [-0.4, -0.2) is 21.7 Å². The molecule has 1 fully saturated rings. The van der Waals surface area contributed by atoms with E-state index in [0.717, 1.165) is 54.5 Å². The van der Waals surface area contributed by atoms with Crippen LogP contribution in [0.25, 0.3) is 11.3 Å². The molecule has 5 nitrogen and oxygen atoms in total. The van der Waals surface area contributed by atoms with E-state index in [1.807, 2.05) is 20.8 Å². The van der Waals surface area contributed by atoms with Crippen molar-refractivity contribution in [2.45, 2.75) is 76.9 Å². The SMILES string of the molecule is CC(C)(C)OC(=O)NC1(c2nc3c([nH]2)CCc2cc(Br)ccc2-3)CCCCC1. The Kier molecular flexibility index (Phi) is 5.02. The molecule has 2 N–H and O–H groups in total. The second kappa shape index (κ2) is 7.21. The van der Waals surface area contributed by atoms with E-state index in [2.05, 4.69) is 44.4 Å². The molecule has 1 aromatic carbocycles. The van der Waals surface area contributed by atoms with Crippen LogP contribution in [0.15, 0.2) is 22.7 Å². The average molecular weight is 446 g/mol. The minimum absolute atomic E-state index is 0.367. The van der Waals surface area contributed by atoms with Gasteiger partial charge in [-0.25, -0.2) is 9.78 Å². The van der Waals surface area contributed by atoms with Gasteiger partial charge in [0.2, 0.25) is 0 Å². The number of fused-ring (bicyclic) bond motifs is 3. The van der Waals surface area contributed by atoms with Gasteiger partial charge in [-0.2, -0.15) is 0 Å². The molecule has 1 saturated carbocycles. The fraction of sp³-hybridized carbons (Fsp3) is 0.545. The van der Waals surface area contributed by atoms with Crippen molar-refractivity contribution >= 4 is 22.0 Å². The van der Waals surface area contributed by atoms with Gasteiger partial charge >= 0.3 is 6.09 Å². The summed E-state index contributed by atoms with van der Waals surface area (Å²) in [6.07, 6.45) is 6.67. The Balaban J connectivity index is 1.69. The van der Waals surface area contributed by atoms with Crippen LogP contribution in [0.2, 0.25) is 0 Å². The van der Waals surface area contributed by atoms with Crippen molar-refractivity contribution in [2.75, 3.05) is 0 Å². The molecular weight excluding hydrogens is 418 g/mol. The van der Waals surface area contributed by atoms with Crippen molar-refractivity contribution in [1.82, 2.24) is 15.3 Å². The maximum Gasteiger partial charge on any atom is 0.408 e. The normalized spacial score (nSPS) is 18.1. The van der Waals surface area contributed by atoms with E-state index in [9.17, 15) is 4.79 Å². The lowest BCUT2D eigenvalue weighted by atomic mass is 9.81. The summed E-state index contributed by atoms with van der Waals surface area (Å²) in [5.74, 6) is 0.874. The number of H-pyrrole nitrogens is 1. The molecule has 6 heteroatoms. The highest BCUT2D eigenvalue weighted by Crippen LogP contribution is 2.40. The number of hydrogen-bond donors (Lipinski definition) is 2. The number of alkyl carbamates (subject to hydrolysis) is 1. The number of carbonyl (C=O) groups is 1. The lowest BCUT2D eigenvalue weighted by molar-refractivity contribution is 0.0412. The first kappa shape index (κ1) is 19.5. The van der Waals surface area contributed by atoms with Crippen molar-refractivity contribution in [3.63, 3.8) is 0 Å². The third-order valence-corrected chi connectivity index (χ3v) is 6.14. The number of carbonyl (C=O) groups excluding carboxylic acids is 1.